The molecule has 2 aromatic heterocycles. The highest BCUT2D eigenvalue weighted by molar-refractivity contribution is 6.01. The van der Waals surface area contributed by atoms with E-state index in [4.69, 9.17) is 13.6 Å². The van der Waals surface area contributed by atoms with Gasteiger partial charge in [0.05, 0.1) is 25.0 Å². The fourth-order valence-electron chi connectivity index (χ4n) is 2.54. The summed E-state index contributed by atoms with van der Waals surface area (Å²) in [5.74, 6) is 0.572. The first-order valence-corrected chi connectivity index (χ1v) is 8.90. The first-order chi connectivity index (χ1) is 14.1. The molecule has 0 spiro atoms. The SMILES string of the molecule is CCOC(=O)c1ccc(-c2ccc(/C=C(/C#N)C(=O)NCc3ccco3)o2)cc1. The molecule has 0 aliphatic carbocycles. The van der Waals surface area contributed by atoms with Crippen molar-refractivity contribution < 1.29 is 23.2 Å². The first kappa shape index (κ1) is 19.7. The zero-order valence-electron chi connectivity index (χ0n) is 15.7. The lowest BCUT2D eigenvalue weighted by Crippen LogP contribution is -2.23. The molecule has 0 aliphatic rings. The molecule has 3 aromatic rings. The number of amides is 1. The summed E-state index contributed by atoms with van der Waals surface area (Å²) in [5, 5.41) is 11.9. The van der Waals surface area contributed by atoms with E-state index in [1.165, 1.54) is 12.3 Å². The fraction of sp³-hybridized carbons (Fsp3) is 0.136. The van der Waals surface area contributed by atoms with Gasteiger partial charge < -0.3 is 18.9 Å². The lowest BCUT2D eigenvalue weighted by molar-refractivity contribution is -0.117. The topological polar surface area (TPSA) is 105 Å². The third kappa shape index (κ3) is 5.02. The number of benzene rings is 1. The minimum Gasteiger partial charge on any atom is -0.467 e. The van der Waals surface area contributed by atoms with Gasteiger partial charge in [-0.3, -0.25) is 4.79 Å². The summed E-state index contributed by atoms with van der Waals surface area (Å²) in [5.41, 5.74) is 1.11. The number of ether oxygens (including phenoxy) is 1. The van der Waals surface area contributed by atoms with Crippen molar-refractivity contribution in [3.8, 4) is 17.4 Å². The standard InChI is InChI=1S/C22H18N2O5/c1-2-27-22(26)16-7-5-15(6-8-16)20-10-9-18(29-20)12-17(13-23)21(25)24-14-19-4-3-11-28-19/h3-12H,2,14H2,1H3,(H,24,25)/b17-12-. The molecule has 7 nitrogen and oxygen atoms in total. The molecule has 1 N–H and O–H groups in total. The molecule has 0 unspecified atom stereocenters. The Morgan fingerprint density at radius 2 is 1.97 bits per heavy atom. The van der Waals surface area contributed by atoms with Gasteiger partial charge in [-0.25, -0.2) is 4.79 Å². The molecule has 1 amide bonds. The molecule has 29 heavy (non-hydrogen) atoms. The first-order valence-electron chi connectivity index (χ1n) is 8.90. The van der Waals surface area contributed by atoms with Crippen molar-refractivity contribution in [2.75, 3.05) is 6.61 Å². The van der Waals surface area contributed by atoms with Crippen molar-refractivity contribution >= 4 is 18.0 Å². The Balaban J connectivity index is 1.70. The smallest absolute Gasteiger partial charge is 0.338 e. The van der Waals surface area contributed by atoms with Crippen LogP contribution in [-0.2, 0) is 16.1 Å². The molecule has 0 fully saturated rings. The predicted octanol–water partition coefficient (Wildman–Crippen LogP) is 3.94. The molecular weight excluding hydrogens is 372 g/mol. The average Bonchev–Trinajstić information content (AvgIpc) is 3.42. The van der Waals surface area contributed by atoms with Gasteiger partial charge >= 0.3 is 5.97 Å². The number of carbonyl (C=O) groups excluding carboxylic acids is 2. The van der Waals surface area contributed by atoms with Crippen LogP contribution in [0.3, 0.4) is 0 Å². The van der Waals surface area contributed by atoms with Crippen molar-refractivity contribution in [1.82, 2.24) is 5.32 Å². The molecule has 3 rings (SSSR count). The third-order valence-corrected chi connectivity index (χ3v) is 3.96. The van der Waals surface area contributed by atoms with E-state index in [2.05, 4.69) is 5.32 Å². The highest BCUT2D eigenvalue weighted by atomic mass is 16.5. The van der Waals surface area contributed by atoms with E-state index >= 15 is 0 Å². The van der Waals surface area contributed by atoms with Gasteiger partial charge in [0.15, 0.2) is 0 Å². The maximum atomic E-state index is 12.2. The number of rotatable bonds is 7. The van der Waals surface area contributed by atoms with Gasteiger partial charge in [-0.2, -0.15) is 5.26 Å². The van der Waals surface area contributed by atoms with Gasteiger partial charge in [0.2, 0.25) is 0 Å². The van der Waals surface area contributed by atoms with Crippen LogP contribution < -0.4 is 5.32 Å². The Morgan fingerprint density at radius 1 is 1.17 bits per heavy atom. The van der Waals surface area contributed by atoms with E-state index < -0.39 is 5.91 Å². The van der Waals surface area contributed by atoms with Crippen molar-refractivity contribution in [2.45, 2.75) is 13.5 Å². The van der Waals surface area contributed by atoms with E-state index in [1.54, 1.807) is 55.5 Å². The second-order valence-electron chi connectivity index (χ2n) is 5.93. The minimum absolute atomic E-state index is 0.0879. The molecule has 0 radical (unpaired) electrons. The summed E-state index contributed by atoms with van der Waals surface area (Å²) >= 11 is 0. The lowest BCUT2D eigenvalue weighted by Gasteiger charge is -2.02. The summed E-state index contributed by atoms with van der Waals surface area (Å²) in [4.78, 5) is 23.9. The molecular formula is C22H18N2O5. The average molecular weight is 390 g/mol. The molecule has 7 heteroatoms. The third-order valence-electron chi connectivity index (χ3n) is 3.96. The summed E-state index contributed by atoms with van der Waals surface area (Å²) in [6, 6.07) is 15.5. The number of nitrogens with one attached hydrogen (secondary N) is 1. The molecule has 146 valence electrons. The maximum Gasteiger partial charge on any atom is 0.338 e. The van der Waals surface area contributed by atoms with E-state index in [0.717, 1.165) is 5.56 Å². The molecule has 0 bridgehead atoms. The van der Waals surface area contributed by atoms with Crippen LogP contribution in [0.4, 0.5) is 0 Å². The van der Waals surface area contributed by atoms with Crippen LogP contribution >= 0.6 is 0 Å². The van der Waals surface area contributed by atoms with Crippen LogP contribution in [0.1, 0.15) is 28.8 Å². The number of carbonyl (C=O) groups is 2. The number of esters is 1. The lowest BCUT2D eigenvalue weighted by atomic mass is 10.1. The van der Waals surface area contributed by atoms with E-state index in [-0.39, 0.29) is 18.1 Å². The predicted molar refractivity (Wildman–Crippen MR) is 104 cm³/mol. The summed E-state index contributed by atoms with van der Waals surface area (Å²) < 4.78 is 15.8. The quantitative estimate of drug-likeness (QED) is 0.372. The Kier molecular flexibility index (Phi) is 6.28. The van der Waals surface area contributed by atoms with Crippen molar-refractivity contribution in [1.29, 1.82) is 5.26 Å². The fourth-order valence-corrected chi connectivity index (χ4v) is 2.54. The zero-order chi connectivity index (χ0) is 20.6. The molecule has 0 saturated heterocycles. The second kappa shape index (κ2) is 9.24. The normalized spacial score (nSPS) is 11.0. The van der Waals surface area contributed by atoms with Crippen molar-refractivity contribution in [3.05, 3.63) is 77.5 Å². The molecule has 0 atom stereocenters. The van der Waals surface area contributed by atoms with Gasteiger partial charge in [-0.1, -0.05) is 12.1 Å². The van der Waals surface area contributed by atoms with Crippen LogP contribution in [0.2, 0.25) is 0 Å². The second-order valence-corrected chi connectivity index (χ2v) is 5.93. The van der Waals surface area contributed by atoms with Gasteiger partial charge in [0.1, 0.15) is 28.9 Å². The van der Waals surface area contributed by atoms with E-state index in [0.29, 0.717) is 29.5 Å². The Bertz CT molecular complexity index is 1050. The van der Waals surface area contributed by atoms with Crippen molar-refractivity contribution in [2.24, 2.45) is 0 Å². The number of nitriles is 1. The monoisotopic (exact) mass is 390 g/mol. The summed E-state index contributed by atoms with van der Waals surface area (Å²) in [7, 11) is 0. The largest absolute Gasteiger partial charge is 0.467 e. The highest BCUT2D eigenvalue weighted by Crippen LogP contribution is 2.24. The van der Waals surface area contributed by atoms with Crippen LogP contribution in [0.5, 0.6) is 0 Å². The van der Waals surface area contributed by atoms with E-state index in [1.807, 2.05) is 6.07 Å². The maximum absolute atomic E-state index is 12.2. The molecule has 0 aliphatic heterocycles. The van der Waals surface area contributed by atoms with Crippen molar-refractivity contribution in [3.63, 3.8) is 0 Å². The molecule has 0 saturated carbocycles. The Morgan fingerprint density at radius 3 is 2.62 bits per heavy atom. The van der Waals surface area contributed by atoms with Gasteiger partial charge in [-0.15, -0.1) is 0 Å². The number of nitrogens with zero attached hydrogens (tertiary/aromatic N) is 1. The van der Waals surface area contributed by atoms with Crippen LogP contribution in [0.25, 0.3) is 17.4 Å². The number of hydrogen-bond acceptors (Lipinski definition) is 6. The molecule has 2 heterocycles. The Labute approximate surface area is 167 Å². The summed E-state index contributed by atoms with van der Waals surface area (Å²) in [6.07, 6.45) is 2.88. The zero-order valence-corrected chi connectivity index (χ0v) is 15.7. The van der Waals surface area contributed by atoms with Gasteiger partial charge in [-0.05, 0) is 43.3 Å². The van der Waals surface area contributed by atoms with E-state index in [9.17, 15) is 14.9 Å². The van der Waals surface area contributed by atoms with Crippen LogP contribution in [0.15, 0.2) is 69.2 Å². The van der Waals surface area contributed by atoms with Gasteiger partial charge in [0, 0.05) is 11.6 Å². The van der Waals surface area contributed by atoms with Gasteiger partial charge in [0.25, 0.3) is 5.91 Å². The summed E-state index contributed by atoms with van der Waals surface area (Å²) in [6.45, 7) is 2.24. The Hall–Kier alpha value is -4.05. The van der Waals surface area contributed by atoms with Crippen LogP contribution in [-0.4, -0.2) is 18.5 Å². The van der Waals surface area contributed by atoms with Crippen LogP contribution in [0, 0.1) is 11.3 Å². The highest BCUT2D eigenvalue weighted by Gasteiger charge is 2.12. The minimum atomic E-state index is -0.527. The number of furan rings is 2. The number of hydrogen-bond donors (Lipinski definition) is 1. The molecule has 1 aromatic carbocycles.